The monoisotopic (exact) mass is 372 g/mol. The Labute approximate surface area is 157 Å². The molecule has 0 fully saturated rings. The van der Waals surface area contributed by atoms with Crippen molar-refractivity contribution in [3.63, 3.8) is 0 Å². The summed E-state index contributed by atoms with van der Waals surface area (Å²) >= 11 is 5.10. The molecule has 0 saturated heterocycles. The van der Waals surface area contributed by atoms with Crippen LogP contribution in [0.5, 0.6) is 5.75 Å². The number of hydrogen-bond acceptors (Lipinski definition) is 4. The summed E-state index contributed by atoms with van der Waals surface area (Å²) in [6.07, 6.45) is 0. The zero-order valence-electron chi connectivity index (χ0n) is 14.8. The molecule has 0 aliphatic carbocycles. The molecule has 0 spiro atoms. The number of carbonyl (C=O) groups is 2. The quantitative estimate of drug-likeness (QED) is 0.699. The molecule has 0 aliphatic heterocycles. The number of ether oxygens (including phenoxy) is 1. The Morgan fingerprint density at radius 2 is 1.85 bits per heavy atom. The van der Waals surface area contributed by atoms with Crippen LogP contribution in [0.3, 0.4) is 0 Å². The predicted molar refractivity (Wildman–Crippen MR) is 104 cm³/mol. The number of carboxylic acids is 1. The normalized spacial score (nSPS) is 10.1. The minimum atomic E-state index is -1.03. The number of nitrogens with one attached hydrogen (secondary N) is 2. The molecule has 0 unspecified atom stereocenters. The highest BCUT2D eigenvalue weighted by atomic mass is 32.1. The smallest absolute Gasteiger partial charge is 0.336 e. The molecule has 26 heavy (non-hydrogen) atoms. The molecule has 0 aromatic heterocycles. The van der Waals surface area contributed by atoms with E-state index in [9.17, 15) is 9.59 Å². The van der Waals surface area contributed by atoms with Crippen molar-refractivity contribution >= 4 is 34.9 Å². The van der Waals surface area contributed by atoms with Gasteiger partial charge in [-0.15, -0.1) is 0 Å². The van der Waals surface area contributed by atoms with Gasteiger partial charge in [-0.2, -0.15) is 0 Å². The van der Waals surface area contributed by atoms with E-state index in [4.69, 9.17) is 22.1 Å². The fourth-order valence-electron chi connectivity index (χ4n) is 2.27. The average Bonchev–Trinajstić information content (AvgIpc) is 2.57. The van der Waals surface area contributed by atoms with Crippen LogP contribution >= 0.6 is 12.2 Å². The van der Waals surface area contributed by atoms with Gasteiger partial charge >= 0.3 is 5.97 Å². The third-order valence-corrected chi connectivity index (χ3v) is 4.12. The Kier molecular flexibility index (Phi) is 6.30. The molecule has 2 rings (SSSR count). The number of amides is 1. The predicted octanol–water partition coefficient (Wildman–Crippen LogP) is 3.20. The highest BCUT2D eigenvalue weighted by Crippen LogP contribution is 2.19. The number of anilines is 1. The number of rotatable bonds is 5. The molecule has 0 aliphatic rings. The van der Waals surface area contributed by atoms with E-state index in [1.807, 2.05) is 26.0 Å². The fraction of sp³-hybridized carbons (Fsp3) is 0.211. The molecule has 6 nitrogen and oxygen atoms in total. The fourth-order valence-corrected chi connectivity index (χ4v) is 2.50. The largest absolute Gasteiger partial charge is 0.484 e. The number of carboxylic acid groups (broad SMARTS) is 1. The van der Waals surface area contributed by atoms with Crippen molar-refractivity contribution in [2.75, 3.05) is 11.9 Å². The molecule has 2 aromatic rings. The van der Waals surface area contributed by atoms with Crippen molar-refractivity contribution < 1.29 is 19.4 Å². The molecule has 0 heterocycles. The molecule has 0 saturated carbocycles. The second-order valence-corrected chi connectivity index (χ2v) is 6.23. The molecule has 3 N–H and O–H groups in total. The first kappa shape index (κ1) is 19.4. The van der Waals surface area contributed by atoms with Crippen LogP contribution in [-0.4, -0.2) is 28.7 Å². The van der Waals surface area contributed by atoms with Crippen molar-refractivity contribution in [2.24, 2.45) is 0 Å². The van der Waals surface area contributed by atoms with Crippen LogP contribution in [0, 0.1) is 20.8 Å². The highest BCUT2D eigenvalue weighted by Gasteiger charge is 2.12. The Balaban J connectivity index is 1.91. The van der Waals surface area contributed by atoms with Crippen molar-refractivity contribution in [3.8, 4) is 5.75 Å². The number of carbonyl (C=O) groups excluding carboxylic acids is 1. The molecule has 2 aromatic carbocycles. The standard InChI is InChI=1S/C19H20N2O4S/c1-11-7-8-14(9-12(11)2)25-10-17(22)21-19(26)20-16-6-4-5-15(13(16)3)18(23)24/h4-9H,10H2,1-3H3,(H,23,24)(H2,20,21,22,26). The zero-order chi connectivity index (χ0) is 19.3. The number of hydrogen-bond donors (Lipinski definition) is 3. The van der Waals surface area contributed by atoms with Gasteiger partial charge in [0, 0.05) is 5.69 Å². The first-order valence-corrected chi connectivity index (χ1v) is 8.32. The van der Waals surface area contributed by atoms with Gasteiger partial charge in [-0.3, -0.25) is 10.1 Å². The van der Waals surface area contributed by atoms with E-state index >= 15 is 0 Å². The molecule has 0 radical (unpaired) electrons. The van der Waals surface area contributed by atoms with Gasteiger partial charge in [0.05, 0.1) is 5.56 Å². The maximum absolute atomic E-state index is 12.0. The zero-order valence-corrected chi connectivity index (χ0v) is 15.6. The summed E-state index contributed by atoms with van der Waals surface area (Å²) in [7, 11) is 0. The SMILES string of the molecule is Cc1ccc(OCC(=O)NC(=S)Nc2cccc(C(=O)O)c2C)cc1C. The van der Waals surface area contributed by atoms with Gasteiger partial charge in [0.1, 0.15) is 5.75 Å². The van der Waals surface area contributed by atoms with Gasteiger partial charge in [0.25, 0.3) is 5.91 Å². The third kappa shape index (κ3) is 5.03. The lowest BCUT2D eigenvalue weighted by atomic mass is 10.1. The third-order valence-electron chi connectivity index (χ3n) is 3.91. The topological polar surface area (TPSA) is 87.7 Å². The second kappa shape index (κ2) is 8.44. The number of aromatic carboxylic acids is 1. The van der Waals surface area contributed by atoms with Crippen molar-refractivity contribution in [1.82, 2.24) is 5.32 Å². The van der Waals surface area contributed by atoms with E-state index in [2.05, 4.69) is 10.6 Å². The van der Waals surface area contributed by atoms with E-state index in [0.29, 0.717) is 17.0 Å². The molecule has 0 bridgehead atoms. The van der Waals surface area contributed by atoms with Crippen LogP contribution < -0.4 is 15.4 Å². The van der Waals surface area contributed by atoms with Crippen molar-refractivity contribution in [1.29, 1.82) is 0 Å². The first-order valence-electron chi connectivity index (χ1n) is 7.91. The molecule has 0 atom stereocenters. The van der Waals surface area contributed by atoms with Crippen molar-refractivity contribution in [2.45, 2.75) is 20.8 Å². The molecular weight excluding hydrogens is 352 g/mol. The summed E-state index contributed by atoms with van der Waals surface area (Å²) in [5.41, 5.74) is 3.44. The highest BCUT2D eigenvalue weighted by molar-refractivity contribution is 7.80. The van der Waals surface area contributed by atoms with Crippen LogP contribution in [0.1, 0.15) is 27.0 Å². The first-order chi connectivity index (χ1) is 12.3. The van der Waals surface area contributed by atoms with Crippen molar-refractivity contribution in [3.05, 3.63) is 58.7 Å². The maximum atomic E-state index is 12.0. The van der Waals surface area contributed by atoms with Crippen LogP contribution in [0.25, 0.3) is 0 Å². The Bertz CT molecular complexity index is 865. The molecular formula is C19H20N2O4S. The number of thiocarbonyl (C=S) groups is 1. The Morgan fingerprint density at radius 1 is 1.12 bits per heavy atom. The second-order valence-electron chi connectivity index (χ2n) is 5.82. The summed E-state index contributed by atoms with van der Waals surface area (Å²) in [6, 6.07) is 10.4. The van der Waals surface area contributed by atoms with Crippen LogP contribution in [0.2, 0.25) is 0 Å². The number of benzene rings is 2. The number of aryl methyl sites for hydroxylation is 2. The van der Waals surface area contributed by atoms with Gasteiger partial charge < -0.3 is 15.2 Å². The minimum Gasteiger partial charge on any atom is -0.484 e. The van der Waals surface area contributed by atoms with Crippen LogP contribution in [0.15, 0.2) is 36.4 Å². The van der Waals surface area contributed by atoms with Gasteiger partial charge in [0.2, 0.25) is 0 Å². The summed E-state index contributed by atoms with van der Waals surface area (Å²) in [6.45, 7) is 5.45. The average molecular weight is 372 g/mol. The van der Waals surface area contributed by atoms with E-state index < -0.39 is 11.9 Å². The lowest BCUT2D eigenvalue weighted by molar-refractivity contribution is -0.121. The van der Waals surface area contributed by atoms with Gasteiger partial charge in [-0.1, -0.05) is 12.1 Å². The van der Waals surface area contributed by atoms with E-state index in [1.54, 1.807) is 25.1 Å². The molecule has 1 amide bonds. The molecule has 7 heteroatoms. The van der Waals surface area contributed by atoms with E-state index in [0.717, 1.165) is 11.1 Å². The maximum Gasteiger partial charge on any atom is 0.336 e. The van der Waals surface area contributed by atoms with Gasteiger partial charge in [0.15, 0.2) is 11.7 Å². The van der Waals surface area contributed by atoms with Gasteiger partial charge in [-0.25, -0.2) is 4.79 Å². The Hall–Kier alpha value is -2.93. The Morgan fingerprint density at radius 3 is 2.50 bits per heavy atom. The van der Waals surface area contributed by atoms with E-state index in [1.165, 1.54) is 6.07 Å². The summed E-state index contributed by atoms with van der Waals surface area (Å²) in [5, 5.41) is 14.6. The minimum absolute atomic E-state index is 0.0734. The van der Waals surface area contributed by atoms with E-state index in [-0.39, 0.29) is 17.3 Å². The molecule has 136 valence electrons. The van der Waals surface area contributed by atoms with Crippen LogP contribution in [-0.2, 0) is 4.79 Å². The summed E-state index contributed by atoms with van der Waals surface area (Å²) in [5.74, 6) is -0.831. The summed E-state index contributed by atoms with van der Waals surface area (Å²) < 4.78 is 5.45. The lowest BCUT2D eigenvalue weighted by Crippen LogP contribution is -2.37. The lowest BCUT2D eigenvalue weighted by Gasteiger charge is -2.13. The van der Waals surface area contributed by atoms with Crippen LogP contribution in [0.4, 0.5) is 5.69 Å². The van der Waals surface area contributed by atoms with Gasteiger partial charge in [-0.05, 0) is 73.9 Å². The summed E-state index contributed by atoms with van der Waals surface area (Å²) in [4.78, 5) is 23.1.